The molecule has 3 aromatic rings. The Morgan fingerprint density at radius 1 is 1.04 bits per heavy atom. The molecule has 1 aromatic heterocycles. The molecule has 2 heterocycles. The number of hydrogen-bond acceptors (Lipinski definition) is 2. The third kappa shape index (κ3) is 3.48. The number of anilines is 1. The van der Waals surface area contributed by atoms with Gasteiger partial charge >= 0.3 is 0 Å². The molecular formula is C23H26FN3. The Kier molecular flexibility index (Phi) is 4.73. The van der Waals surface area contributed by atoms with Gasteiger partial charge in [-0.1, -0.05) is 18.2 Å². The molecule has 4 heteroatoms. The minimum Gasteiger partial charge on any atom is -0.371 e. The maximum atomic E-state index is 13.7. The Balaban J connectivity index is 1.61. The number of nitrogens with one attached hydrogen (secondary N) is 1. The number of aromatic nitrogens is 2. The Morgan fingerprint density at radius 2 is 1.81 bits per heavy atom. The van der Waals surface area contributed by atoms with Crippen molar-refractivity contribution in [3.63, 3.8) is 0 Å². The van der Waals surface area contributed by atoms with Gasteiger partial charge in [-0.15, -0.1) is 0 Å². The molecule has 27 heavy (non-hydrogen) atoms. The molecule has 3 nitrogen and oxygen atoms in total. The lowest BCUT2D eigenvalue weighted by Crippen LogP contribution is -2.33. The van der Waals surface area contributed by atoms with Crippen LogP contribution in [-0.4, -0.2) is 23.1 Å². The molecule has 0 unspecified atom stereocenters. The van der Waals surface area contributed by atoms with Gasteiger partial charge in [-0.3, -0.25) is 0 Å². The summed E-state index contributed by atoms with van der Waals surface area (Å²) < 4.78 is 13.7. The maximum absolute atomic E-state index is 13.7. The van der Waals surface area contributed by atoms with Crippen molar-refractivity contribution in [2.24, 2.45) is 0 Å². The van der Waals surface area contributed by atoms with Gasteiger partial charge in [-0.25, -0.2) is 9.37 Å². The molecule has 0 saturated carbocycles. The SMILES string of the molecule is Cc1ccc(-c2ccc(F)c(C)c2)c(N2CCC(c3[nH]cnc3C)CC2)c1. The third-order valence-corrected chi connectivity index (χ3v) is 5.73. The van der Waals surface area contributed by atoms with Gasteiger partial charge in [0.25, 0.3) is 0 Å². The number of aryl methyl sites for hydroxylation is 3. The van der Waals surface area contributed by atoms with Crippen molar-refractivity contribution in [3.05, 3.63) is 71.1 Å². The van der Waals surface area contributed by atoms with Gasteiger partial charge < -0.3 is 9.88 Å². The molecule has 1 aliphatic rings. The first-order chi connectivity index (χ1) is 13.0. The fraction of sp³-hybridized carbons (Fsp3) is 0.348. The third-order valence-electron chi connectivity index (χ3n) is 5.73. The van der Waals surface area contributed by atoms with Crippen LogP contribution in [-0.2, 0) is 0 Å². The lowest BCUT2D eigenvalue weighted by atomic mass is 9.91. The average Bonchev–Trinajstić information content (AvgIpc) is 3.10. The van der Waals surface area contributed by atoms with Gasteiger partial charge in [0.1, 0.15) is 5.82 Å². The second-order valence-electron chi connectivity index (χ2n) is 7.65. The Labute approximate surface area is 160 Å². The summed E-state index contributed by atoms with van der Waals surface area (Å²) >= 11 is 0. The zero-order valence-electron chi connectivity index (χ0n) is 16.2. The van der Waals surface area contributed by atoms with Crippen LogP contribution in [0.25, 0.3) is 11.1 Å². The van der Waals surface area contributed by atoms with Gasteiger partial charge in [0.15, 0.2) is 0 Å². The van der Waals surface area contributed by atoms with E-state index in [2.05, 4.69) is 46.9 Å². The molecule has 0 aliphatic carbocycles. The molecule has 0 spiro atoms. The second kappa shape index (κ2) is 7.18. The van der Waals surface area contributed by atoms with Crippen molar-refractivity contribution in [3.8, 4) is 11.1 Å². The first kappa shape index (κ1) is 17.8. The maximum Gasteiger partial charge on any atom is 0.126 e. The summed E-state index contributed by atoms with van der Waals surface area (Å²) in [6.45, 7) is 8.06. The van der Waals surface area contributed by atoms with Crippen LogP contribution < -0.4 is 4.90 Å². The van der Waals surface area contributed by atoms with E-state index in [4.69, 9.17) is 0 Å². The first-order valence-corrected chi connectivity index (χ1v) is 9.65. The Hall–Kier alpha value is -2.62. The number of halogens is 1. The van der Waals surface area contributed by atoms with Crippen molar-refractivity contribution >= 4 is 5.69 Å². The van der Waals surface area contributed by atoms with Gasteiger partial charge in [0.05, 0.1) is 12.0 Å². The van der Waals surface area contributed by atoms with Gasteiger partial charge in [-0.05, 0) is 68.5 Å². The van der Waals surface area contributed by atoms with E-state index >= 15 is 0 Å². The Bertz CT molecular complexity index is 952. The molecule has 4 rings (SSSR count). The summed E-state index contributed by atoms with van der Waals surface area (Å²) in [7, 11) is 0. The molecule has 2 aromatic carbocycles. The van der Waals surface area contributed by atoms with E-state index in [1.54, 1.807) is 12.4 Å². The summed E-state index contributed by atoms with van der Waals surface area (Å²) in [4.78, 5) is 10.1. The molecule has 0 amide bonds. The van der Waals surface area contributed by atoms with E-state index in [1.807, 2.05) is 19.1 Å². The second-order valence-corrected chi connectivity index (χ2v) is 7.65. The number of aromatic amines is 1. The topological polar surface area (TPSA) is 31.9 Å². The van der Waals surface area contributed by atoms with Crippen molar-refractivity contribution in [2.75, 3.05) is 18.0 Å². The van der Waals surface area contributed by atoms with E-state index in [-0.39, 0.29) is 5.82 Å². The number of imidazole rings is 1. The van der Waals surface area contributed by atoms with Gasteiger partial charge in [0, 0.05) is 36.0 Å². The van der Waals surface area contributed by atoms with Crippen molar-refractivity contribution in [2.45, 2.75) is 39.5 Å². The van der Waals surface area contributed by atoms with Crippen LogP contribution in [0.3, 0.4) is 0 Å². The van der Waals surface area contributed by atoms with Gasteiger partial charge in [0.2, 0.25) is 0 Å². The highest BCUT2D eigenvalue weighted by Crippen LogP contribution is 2.37. The summed E-state index contributed by atoms with van der Waals surface area (Å²) in [5, 5.41) is 0. The number of H-pyrrole nitrogens is 1. The highest BCUT2D eigenvalue weighted by molar-refractivity contribution is 5.79. The fourth-order valence-electron chi connectivity index (χ4n) is 4.15. The normalized spacial score (nSPS) is 15.3. The molecule has 1 saturated heterocycles. The monoisotopic (exact) mass is 363 g/mol. The predicted octanol–water partition coefficient (Wildman–Crippen LogP) is 5.53. The van der Waals surface area contributed by atoms with E-state index in [0.717, 1.165) is 37.2 Å². The molecule has 140 valence electrons. The quantitative estimate of drug-likeness (QED) is 0.664. The molecule has 1 aliphatic heterocycles. The zero-order chi connectivity index (χ0) is 19.0. The van der Waals surface area contributed by atoms with E-state index in [1.165, 1.54) is 22.5 Å². The van der Waals surface area contributed by atoms with Crippen LogP contribution in [0.15, 0.2) is 42.7 Å². The lowest BCUT2D eigenvalue weighted by Gasteiger charge is -2.35. The average molecular weight is 363 g/mol. The fourth-order valence-corrected chi connectivity index (χ4v) is 4.15. The molecular weight excluding hydrogens is 337 g/mol. The first-order valence-electron chi connectivity index (χ1n) is 9.65. The van der Waals surface area contributed by atoms with E-state index in [0.29, 0.717) is 11.5 Å². The molecule has 1 fully saturated rings. The van der Waals surface area contributed by atoms with Gasteiger partial charge in [-0.2, -0.15) is 0 Å². The van der Waals surface area contributed by atoms with Crippen LogP contribution in [0.2, 0.25) is 0 Å². The van der Waals surface area contributed by atoms with Crippen LogP contribution in [0.1, 0.15) is 41.3 Å². The predicted molar refractivity (Wildman–Crippen MR) is 109 cm³/mol. The number of nitrogens with zero attached hydrogens (tertiary/aromatic N) is 2. The van der Waals surface area contributed by atoms with Crippen LogP contribution in [0.4, 0.5) is 10.1 Å². The summed E-state index contributed by atoms with van der Waals surface area (Å²) in [5.41, 5.74) is 7.85. The van der Waals surface area contributed by atoms with E-state index in [9.17, 15) is 4.39 Å². The number of hydrogen-bond donors (Lipinski definition) is 1. The Morgan fingerprint density at radius 3 is 2.48 bits per heavy atom. The smallest absolute Gasteiger partial charge is 0.126 e. The van der Waals surface area contributed by atoms with Crippen molar-refractivity contribution in [1.29, 1.82) is 0 Å². The molecule has 0 bridgehead atoms. The van der Waals surface area contributed by atoms with Crippen LogP contribution >= 0.6 is 0 Å². The summed E-state index contributed by atoms with van der Waals surface area (Å²) in [6.07, 6.45) is 4.02. The lowest BCUT2D eigenvalue weighted by molar-refractivity contribution is 0.496. The standard InChI is InChI=1S/C23H26FN3/c1-15-4-6-20(19-5-7-21(24)16(2)13-19)22(12-15)27-10-8-18(9-11-27)23-17(3)25-14-26-23/h4-7,12-14,18H,8-11H2,1-3H3,(H,25,26). The largest absolute Gasteiger partial charge is 0.371 e. The number of benzene rings is 2. The van der Waals surface area contributed by atoms with Crippen molar-refractivity contribution < 1.29 is 4.39 Å². The van der Waals surface area contributed by atoms with Crippen molar-refractivity contribution in [1.82, 2.24) is 9.97 Å². The number of piperidine rings is 1. The minimum atomic E-state index is -0.150. The summed E-state index contributed by atoms with van der Waals surface area (Å²) in [5.74, 6) is 0.397. The van der Waals surface area contributed by atoms with E-state index < -0.39 is 0 Å². The molecule has 1 N–H and O–H groups in total. The zero-order valence-corrected chi connectivity index (χ0v) is 16.2. The van der Waals surface area contributed by atoms with Crippen LogP contribution in [0, 0.1) is 26.6 Å². The number of rotatable bonds is 3. The highest BCUT2D eigenvalue weighted by atomic mass is 19.1. The van der Waals surface area contributed by atoms with Crippen LogP contribution in [0.5, 0.6) is 0 Å². The highest BCUT2D eigenvalue weighted by Gasteiger charge is 2.24. The minimum absolute atomic E-state index is 0.150. The molecule has 0 radical (unpaired) electrons. The summed E-state index contributed by atoms with van der Waals surface area (Å²) in [6, 6.07) is 12.0. The molecule has 0 atom stereocenters.